The summed E-state index contributed by atoms with van der Waals surface area (Å²) in [6.45, 7) is 13.8. The number of aromatic nitrogens is 4. The number of rotatable bonds is 12. The molecule has 260 valence electrons. The third-order valence-electron chi connectivity index (χ3n) is 10.5. The highest BCUT2D eigenvalue weighted by atomic mass is 16.5. The molecular weight excluding hydrogens is 629 g/mol. The SMILES string of the molecule is CCC(C)Cc1c(C)cc(C)c(CC(C)CC)c1-c1cnn(-c2cccc(Oc3ccc4c5ccccc5n(-c5cc(OC)ccn5)c4c3)c2)c1. The Hall–Kier alpha value is -5.36. The number of benzene rings is 4. The maximum atomic E-state index is 6.55. The van der Waals surface area contributed by atoms with Crippen molar-refractivity contribution in [3.05, 3.63) is 126 Å². The molecule has 0 aliphatic carbocycles. The number of hydrogen-bond donors (Lipinski definition) is 0. The van der Waals surface area contributed by atoms with E-state index in [1.54, 1.807) is 13.3 Å². The molecule has 0 saturated heterocycles. The van der Waals surface area contributed by atoms with E-state index in [-0.39, 0.29) is 0 Å². The zero-order valence-corrected chi connectivity index (χ0v) is 30.9. The summed E-state index contributed by atoms with van der Waals surface area (Å²) in [7, 11) is 1.68. The number of aryl methyl sites for hydroxylation is 2. The first kappa shape index (κ1) is 34.1. The molecule has 0 spiro atoms. The van der Waals surface area contributed by atoms with Gasteiger partial charge in [-0.15, -0.1) is 0 Å². The summed E-state index contributed by atoms with van der Waals surface area (Å²) >= 11 is 0. The molecule has 0 amide bonds. The van der Waals surface area contributed by atoms with Crippen LogP contribution in [0.4, 0.5) is 0 Å². The van der Waals surface area contributed by atoms with Crippen LogP contribution in [-0.4, -0.2) is 26.4 Å². The van der Waals surface area contributed by atoms with Crippen LogP contribution in [-0.2, 0) is 12.8 Å². The minimum Gasteiger partial charge on any atom is -0.497 e. The number of nitrogens with zero attached hydrogens (tertiary/aromatic N) is 4. The van der Waals surface area contributed by atoms with Crippen molar-refractivity contribution in [3.63, 3.8) is 0 Å². The van der Waals surface area contributed by atoms with Crippen LogP contribution < -0.4 is 9.47 Å². The van der Waals surface area contributed by atoms with Crippen molar-refractivity contribution < 1.29 is 9.47 Å². The molecule has 0 aliphatic heterocycles. The molecule has 6 heteroatoms. The van der Waals surface area contributed by atoms with Crippen molar-refractivity contribution >= 4 is 21.8 Å². The number of pyridine rings is 1. The van der Waals surface area contributed by atoms with Crippen LogP contribution in [0.3, 0.4) is 0 Å². The summed E-state index contributed by atoms with van der Waals surface area (Å²) in [5, 5.41) is 7.20. The smallest absolute Gasteiger partial charge is 0.141 e. The molecule has 6 nitrogen and oxygen atoms in total. The maximum absolute atomic E-state index is 6.55. The van der Waals surface area contributed by atoms with Crippen LogP contribution in [0.5, 0.6) is 17.2 Å². The lowest BCUT2D eigenvalue weighted by atomic mass is 9.82. The topological polar surface area (TPSA) is 54.1 Å². The van der Waals surface area contributed by atoms with Gasteiger partial charge in [-0.05, 0) is 103 Å². The molecule has 4 aromatic carbocycles. The Kier molecular flexibility index (Phi) is 9.68. The molecule has 0 aliphatic rings. The van der Waals surface area contributed by atoms with Gasteiger partial charge in [0.2, 0.25) is 0 Å². The Labute approximate surface area is 301 Å². The second-order valence-electron chi connectivity index (χ2n) is 14.1. The van der Waals surface area contributed by atoms with Crippen molar-refractivity contribution in [3.8, 4) is 39.9 Å². The number of para-hydroxylation sites is 1. The molecule has 7 aromatic rings. The Morgan fingerprint density at radius 1 is 0.706 bits per heavy atom. The van der Waals surface area contributed by atoms with Crippen molar-refractivity contribution in [2.24, 2.45) is 11.8 Å². The minimum atomic E-state index is 0.609. The summed E-state index contributed by atoms with van der Waals surface area (Å²) in [6.07, 6.45) is 10.5. The maximum Gasteiger partial charge on any atom is 0.141 e. The molecule has 2 atom stereocenters. The highest BCUT2D eigenvalue weighted by molar-refractivity contribution is 6.09. The Balaban J connectivity index is 1.25. The van der Waals surface area contributed by atoms with E-state index in [1.165, 1.54) is 33.4 Å². The summed E-state index contributed by atoms with van der Waals surface area (Å²) in [5.74, 6) is 4.25. The van der Waals surface area contributed by atoms with E-state index in [0.717, 1.165) is 76.2 Å². The van der Waals surface area contributed by atoms with Gasteiger partial charge in [0, 0.05) is 46.9 Å². The summed E-state index contributed by atoms with van der Waals surface area (Å²) in [5.41, 5.74) is 11.3. The first-order valence-corrected chi connectivity index (χ1v) is 18.3. The monoisotopic (exact) mass is 676 g/mol. The number of ether oxygens (including phenoxy) is 2. The summed E-state index contributed by atoms with van der Waals surface area (Å²) in [6, 6.07) is 29.0. The lowest BCUT2D eigenvalue weighted by Gasteiger charge is -2.23. The second kappa shape index (κ2) is 14.5. The van der Waals surface area contributed by atoms with Gasteiger partial charge in [0.15, 0.2) is 0 Å². The fourth-order valence-electron chi connectivity index (χ4n) is 7.26. The van der Waals surface area contributed by atoms with Crippen molar-refractivity contribution in [1.82, 2.24) is 19.3 Å². The van der Waals surface area contributed by atoms with E-state index in [1.807, 2.05) is 41.2 Å². The van der Waals surface area contributed by atoms with Gasteiger partial charge in [-0.2, -0.15) is 5.10 Å². The van der Waals surface area contributed by atoms with Crippen molar-refractivity contribution in [2.45, 2.75) is 67.2 Å². The third kappa shape index (κ3) is 6.75. The largest absolute Gasteiger partial charge is 0.497 e. The van der Waals surface area contributed by atoms with Crippen LogP contribution in [0.1, 0.15) is 62.8 Å². The number of methoxy groups -OCH3 is 1. The number of fused-ring (bicyclic) bond motifs is 3. The first-order valence-electron chi connectivity index (χ1n) is 18.3. The standard InChI is InChI=1S/C45H48N4O2/c1-8-29(3)21-40-31(5)23-32(6)41(22-30(4)9-2)45(40)33-27-47-48(28-33)34-13-12-14-36(24-34)51-37-17-18-39-38-15-10-11-16-42(38)49(43(39)25-37)44-26-35(50-7)19-20-46-44/h10-20,23-30H,8-9,21-22H2,1-7H3. The van der Waals surface area contributed by atoms with E-state index in [2.05, 4.69) is 107 Å². The van der Waals surface area contributed by atoms with Crippen LogP contribution in [0.15, 0.2) is 104 Å². The van der Waals surface area contributed by atoms with Crippen molar-refractivity contribution in [1.29, 1.82) is 0 Å². The lowest BCUT2D eigenvalue weighted by molar-refractivity contribution is 0.414. The average Bonchev–Trinajstić information content (AvgIpc) is 3.77. The van der Waals surface area contributed by atoms with Gasteiger partial charge in [0.05, 0.1) is 30.0 Å². The van der Waals surface area contributed by atoms with E-state index in [4.69, 9.17) is 19.6 Å². The minimum absolute atomic E-state index is 0.609. The van der Waals surface area contributed by atoms with E-state index >= 15 is 0 Å². The van der Waals surface area contributed by atoms with Crippen molar-refractivity contribution in [2.75, 3.05) is 7.11 Å². The van der Waals surface area contributed by atoms with Gasteiger partial charge in [0.1, 0.15) is 23.1 Å². The van der Waals surface area contributed by atoms with Crippen LogP contribution >= 0.6 is 0 Å². The third-order valence-corrected chi connectivity index (χ3v) is 10.5. The molecule has 0 saturated carbocycles. The highest BCUT2D eigenvalue weighted by Gasteiger charge is 2.21. The fourth-order valence-corrected chi connectivity index (χ4v) is 7.26. The zero-order chi connectivity index (χ0) is 35.6. The van der Waals surface area contributed by atoms with Gasteiger partial charge in [-0.25, -0.2) is 9.67 Å². The summed E-state index contributed by atoms with van der Waals surface area (Å²) < 4.78 is 16.2. The average molecular weight is 677 g/mol. The van der Waals surface area contributed by atoms with E-state index in [9.17, 15) is 0 Å². The van der Waals surface area contributed by atoms with Gasteiger partial charge in [-0.3, -0.25) is 4.57 Å². The van der Waals surface area contributed by atoms with Gasteiger partial charge in [0.25, 0.3) is 0 Å². The van der Waals surface area contributed by atoms with Crippen LogP contribution in [0.25, 0.3) is 44.4 Å². The first-order chi connectivity index (χ1) is 24.8. The molecule has 0 radical (unpaired) electrons. The van der Waals surface area contributed by atoms with E-state index < -0.39 is 0 Å². The molecule has 51 heavy (non-hydrogen) atoms. The van der Waals surface area contributed by atoms with E-state index in [0.29, 0.717) is 11.8 Å². The lowest BCUT2D eigenvalue weighted by Crippen LogP contribution is -2.09. The Morgan fingerprint density at radius 3 is 2.14 bits per heavy atom. The van der Waals surface area contributed by atoms with Gasteiger partial charge >= 0.3 is 0 Å². The second-order valence-corrected chi connectivity index (χ2v) is 14.1. The zero-order valence-electron chi connectivity index (χ0n) is 30.9. The predicted molar refractivity (Wildman–Crippen MR) is 210 cm³/mol. The van der Waals surface area contributed by atoms with Gasteiger partial charge in [-0.1, -0.05) is 70.9 Å². The van der Waals surface area contributed by atoms with Crippen LogP contribution in [0.2, 0.25) is 0 Å². The van der Waals surface area contributed by atoms with Gasteiger partial charge < -0.3 is 9.47 Å². The Bertz CT molecular complexity index is 2300. The molecule has 2 unspecified atom stereocenters. The highest BCUT2D eigenvalue weighted by Crippen LogP contribution is 2.38. The summed E-state index contributed by atoms with van der Waals surface area (Å²) in [4.78, 5) is 4.70. The van der Waals surface area contributed by atoms with Crippen LogP contribution in [0, 0.1) is 25.7 Å². The quantitative estimate of drug-likeness (QED) is 0.129. The molecule has 0 fully saturated rings. The fraction of sp³-hybridized carbons (Fsp3) is 0.289. The molecular formula is C45H48N4O2. The molecule has 3 aromatic heterocycles. The molecule has 3 heterocycles. The normalized spacial score (nSPS) is 12.8. The molecule has 7 rings (SSSR count). The molecule has 0 N–H and O–H groups in total. The Morgan fingerprint density at radius 2 is 1.41 bits per heavy atom. The number of hydrogen-bond acceptors (Lipinski definition) is 4. The predicted octanol–water partition coefficient (Wildman–Crippen LogP) is 11.6. The molecule has 0 bridgehead atoms.